The van der Waals surface area contributed by atoms with E-state index in [4.69, 9.17) is 11.2 Å². The first kappa shape index (κ1) is 15.5. The third-order valence-electron chi connectivity index (χ3n) is 2.47. The van der Waals surface area contributed by atoms with Gasteiger partial charge in [-0.3, -0.25) is 4.99 Å². The minimum atomic E-state index is 0.816. The lowest BCUT2D eigenvalue weighted by Gasteiger charge is -2.00. The molecule has 0 amide bonds. The number of benzene rings is 2. The monoisotopic (exact) mass is 265 g/mol. The molecule has 0 radical (unpaired) electrons. The van der Waals surface area contributed by atoms with E-state index >= 15 is 0 Å². The van der Waals surface area contributed by atoms with E-state index in [-0.39, 0.29) is 0 Å². The lowest BCUT2D eigenvalue weighted by atomic mass is 10.2. The van der Waals surface area contributed by atoms with Gasteiger partial charge in [-0.2, -0.15) is 0 Å². The van der Waals surface area contributed by atoms with Crippen LogP contribution in [0, 0.1) is 12.3 Å². The van der Waals surface area contributed by atoms with Gasteiger partial charge in [-0.25, -0.2) is 0 Å². The van der Waals surface area contributed by atoms with Crippen molar-refractivity contribution < 1.29 is 4.74 Å². The Morgan fingerprint density at radius 1 is 1.10 bits per heavy atom. The molecule has 0 saturated heterocycles. The third-order valence-corrected chi connectivity index (χ3v) is 2.47. The van der Waals surface area contributed by atoms with Crippen LogP contribution in [0.5, 0.6) is 5.75 Å². The van der Waals surface area contributed by atoms with E-state index in [9.17, 15) is 0 Å². The first-order chi connectivity index (χ1) is 9.81. The second-order valence-electron chi connectivity index (χ2n) is 3.73. The first-order valence-electron chi connectivity index (χ1n) is 6.56. The molecule has 0 fully saturated rings. The number of hydrogen-bond acceptors (Lipinski definition) is 2. The van der Waals surface area contributed by atoms with Crippen LogP contribution in [0.15, 0.2) is 53.5 Å². The van der Waals surface area contributed by atoms with Gasteiger partial charge in [0.05, 0.1) is 12.8 Å². The van der Waals surface area contributed by atoms with Gasteiger partial charge in [0.15, 0.2) is 0 Å². The van der Waals surface area contributed by atoms with E-state index in [0.29, 0.717) is 0 Å². The summed E-state index contributed by atoms with van der Waals surface area (Å²) in [4.78, 5) is 4.38. The summed E-state index contributed by atoms with van der Waals surface area (Å²) >= 11 is 0. The van der Waals surface area contributed by atoms with Crippen molar-refractivity contribution in [3.8, 4) is 18.1 Å². The molecular weight excluding hydrogens is 246 g/mol. The van der Waals surface area contributed by atoms with E-state index in [0.717, 1.165) is 22.6 Å². The van der Waals surface area contributed by atoms with E-state index < -0.39 is 0 Å². The van der Waals surface area contributed by atoms with Gasteiger partial charge in [-0.15, -0.1) is 6.42 Å². The molecule has 0 saturated carbocycles. The molecule has 0 unspecified atom stereocenters. The maximum absolute atomic E-state index is 5.35. The van der Waals surface area contributed by atoms with Crippen molar-refractivity contribution in [2.75, 3.05) is 7.11 Å². The Balaban J connectivity index is 0.000000956. The van der Waals surface area contributed by atoms with Crippen LogP contribution in [0.2, 0.25) is 0 Å². The summed E-state index contributed by atoms with van der Waals surface area (Å²) in [7, 11) is 1.65. The number of rotatable bonds is 3. The van der Waals surface area contributed by atoms with Gasteiger partial charge >= 0.3 is 0 Å². The quantitative estimate of drug-likeness (QED) is 0.593. The van der Waals surface area contributed by atoms with Crippen molar-refractivity contribution in [2.45, 2.75) is 13.8 Å². The second-order valence-corrected chi connectivity index (χ2v) is 3.73. The number of ether oxygens (including phenoxy) is 1. The fourth-order valence-electron chi connectivity index (χ4n) is 1.55. The summed E-state index contributed by atoms with van der Waals surface area (Å²) in [5.41, 5.74) is 2.66. The van der Waals surface area contributed by atoms with E-state index in [1.54, 1.807) is 13.3 Å². The lowest BCUT2D eigenvalue weighted by Crippen LogP contribution is -1.85. The number of hydrogen-bond donors (Lipinski definition) is 0. The molecule has 2 aromatic rings. The number of terminal acetylenes is 1. The third kappa shape index (κ3) is 4.62. The predicted molar refractivity (Wildman–Crippen MR) is 86.0 cm³/mol. The van der Waals surface area contributed by atoms with Gasteiger partial charge in [-0.05, 0) is 35.9 Å². The zero-order chi connectivity index (χ0) is 14.8. The summed E-state index contributed by atoms with van der Waals surface area (Å²) in [5.74, 6) is 3.41. The largest absolute Gasteiger partial charge is 0.497 e. The molecular formula is C18H19NO. The number of aliphatic imine (C=N–C) groups is 1. The minimum absolute atomic E-state index is 0.816. The molecule has 0 heterocycles. The molecule has 2 heteroatoms. The van der Waals surface area contributed by atoms with Crippen molar-refractivity contribution in [3.63, 3.8) is 0 Å². The molecule has 0 bridgehead atoms. The Morgan fingerprint density at radius 2 is 1.85 bits per heavy atom. The fraction of sp³-hybridized carbons (Fsp3) is 0.167. The molecule has 0 aliphatic rings. The Labute approximate surface area is 121 Å². The van der Waals surface area contributed by atoms with E-state index in [1.807, 2.05) is 62.4 Å². The summed E-state index contributed by atoms with van der Waals surface area (Å²) < 4.78 is 5.16. The zero-order valence-electron chi connectivity index (χ0n) is 12.1. The highest BCUT2D eigenvalue weighted by atomic mass is 16.5. The SMILES string of the molecule is C#Cc1cccc(N=Cc2cccc(OC)c2)c1.CC. The van der Waals surface area contributed by atoms with Gasteiger partial charge in [0.1, 0.15) is 5.75 Å². The standard InChI is InChI=1S/C16H13NO.C2H6/c1-3-13-6-4-8-15(10-13)17-12-14-7-5-9-16(11-14)18-2;1-2/h1,4-12H,2H3;1-2H3. The van der Waals surface area contributed by atoms with Crippen LogP contribution < -0.4 is 4.74 Å². The summed E-state index contributed by atoms with van der Waals surface area (Å²) in [6.07, 6.45) is 7.14. The lowest BCUT2D eigenvalue weighted by molar-refractivity contribution is 0.415. The highest BCUT2D eigenvalue weighted by molar-refractivity contribution is 5.82. The molecule has 2 aromatic carbocycles. The average molecular weight is 265 g/mol. The molecule has 0 aromatic heterocycles. The molecule has 102 valence electrons. The fourth-order valence-corrected chi connectivity index (χ4v) is 1.55. The number of nitrogens with zero attached hydrogens (tertiary/aromatic N) is 1. The van der Waals surface area contributed by atoms with Crippen LogP contribution in [0.1, 0.15) is 25.0 Å². The molecule has 0 aliphatic carbocycles. The van der Waals surface area contributed by atoms with Crippen LogP contribution in [0.25, 0.3) is 0 Å². The zero-order valence-corrected chi connectivity index (χ0v) is 12.1. The van der Waals surface area contributed by atoms with Crippen molar-refractivity contribution in [2.24, 2.45) is 4.99 Å². The summed E-state index contributed by atoms with van der Waals surface area (Å²) in [6, 6.07) is 15.3. The van der Waals surface area contributed by atoms with Crippen LogP contribution in [0.4, 0.5) is 5.69 Å². The number of methoxy groups -OCH3 is 1. The minimum Gasteiger partial charge on any atom is -0.497 e. The van der Waals surface area contributed by atoms with Crippen LogP contribution in [0.3, 0.4) is 0 Å². The molecule has 2 rings (SSSR count). The van der Waals surface area contributed by atoms with Crippen molar-refractivity contribution >= 4 is 11.9 Å². The summed E-state index contributed by atoms with van der Waals surface area (Å²) in [5, 5.41) is 0. The Bertz CT molecular complexity index is 609. The molecule has 0 aliphatic heterocycles. The topological polar surface area (TPSA) is 21.6 Å². The summed E-state index contributed by atoms with van der Waals surface area (Å²) in [6.45, 7) is 4.00. The van der Waals surface area contributed by atoms with E-state index in [2.05, 4.69) is 10.9 Å². The first-order valence-corrected chi connectivity index (χ1v) is 6.56. The van der Waals surface area contributed by atoms with Crippen molar-refractivity contribution in [1.29, 1.82) is 0 Å². The van der Waals surface area contributed by atoms with Gasteiger partial charge in [-0.1, -0.05) is 38.0 Å². The Hall–Kier alpha value is -2.53. The van der Waals surface area contributed by atoms with Gasteiger partial charge < -0.3 is 4.74 Å². The molecule has 0 N–H and O–H groups in total. The maximum Gasteiger partial charge on any atom is 0.119 e. The van der Waals surface area contributed by atoms with Crippen LogP contribution in [-0.4, -0.2) is 13.3 Å². The second kappa shape index (κ2) is 8.55. The Morgan fingerprint density at radius 3 is 2.55 bits per heavy atom. The maximum atomic E-state index is 5.35. The van der Waals surface area contributed by atoms with Gasteiger partial charge in [0, 0.05) is 11.8 Å². The van der Waals surface area contributed by atoms with Crippen molar-refractivity contribution in [3.05, 3.63) is 59.7 Å². The van der Waals surface area contributed by atoms with Gasteiger partial charge in [0.25, 0.3) is 0 Å². The van der Waals surface area contributed by atoms with E-state index in [1.165, 1.54) is 0 Å². The normalized spacial score (nSPS) is 9.50. The highest BCUT2D eigenvalue weighted by Gasteiger charge is 1.93. The van der Waals surface area contributed by atoms with Crippen LogP contribution in [-0.2, 0) is 0 Å². The molecule has 20 heavy (non-hydrogen) atoms. The predicted octanol–water partition coefficient (Wildman–Crippen LogP) is 4.45. The van der Waals surface area contributed by atoms with Crippen molar-refractivity contribution in [1.82, 2.24) is 0 Å². The van der Waals surface area contributed by atoms with Gasteiger partial charge in [0.2, 0.25) is 0 Å². The highest BCUT2D eigenvalue weighted by Crippen LogP contribution is 2.15. The smallest absolute Gasteiger partial charge is 0.119 e. The average Bonchev–Trinajstić information content (AvgIpc) is 2.55. The van der Waals surface area contributed by atoms with Crippen LogP contribution >= 0.6 is 0 Å². The molecule has 2 nitrogen and oxygen atoms in total. The molecule has 0 spiro atoms. The Kier molecular flexibility index (Phi) is 6.64. The molecule has 0 atom stereocenters.